The fourth-order valence-electron chi connectivity index (χ4n) is 2.32. The number of nitrogens with one attached hydrogen (secondary N) is 1. The van der Waals surface area contributed by atoms with Gasteiger partial charge in [0.25, 0.3) is 0 Å². The molecule has 0 saturated heterocycles. The summed E-state index contributed by atoms with van der Waals surface area (Å²) in [5.41, 5.74) is 2.28. The highest BCUT2D eigenvalue weighted by molar-refractivity contribution is 7.09. The number of imidazole rings is 1. The molecule has 2 aromatic heterocycles. The average Bonchev–Trinajstić information content (AvgIpc) is 3.02. The molecule has 1 unspecified atom stereocenters. The minimum absolute atomic E-state index is 0.104. The van der Waals surface area contributed by atoms with Gasteiger partial charge in [-0.1, -0.05) is 0 Å². The molecule has 0 aromatic carbocycles. The van der Waals surface area contributed by atoms with Crippen LogP contribution in [0, 0.1) is 6.92 Å². The van der Waals surface area contributed by atoms with Gasteiger partial charge in [0.15, 0.2) is 0 Å². The zero-order valence-corrected chi connectivity index (χ0v) is 12.7. The lowest BCUT2D eigenvalue weighted by molar-refractivity contribution is 0.197. The van der Waals surface area contributed by atoms with E-state index in [-0.39, 0.29) is 6.04 Å². The second-order valence-corrected chi connectivity index (χ2v) is 6.05. The number of rotatable bonds is 7. The SMILES string of the molecule is COCCNC(c1nc(C)cs1)c1cncn1C1CC1. The molecule has 0 amide bonds. The van der Waals surface area contributed by atoms with Crippen molar-refractivity contribution in [1.29, 1.82) is 0 Å². The first-order chi connectivity index (χ1) is 9.79. The fraction of sp³-hybridized carbons (Fsp3) is 0.571. The Balaban J connectivity index is 1.85. The van der Waals surface area contributed by atoms with Crippen LogP contribution in [-0.4, -0.2) is 34.8 Å². The van der Waals surface area contributed by atoms with Crippen LogP contribution in [0.2, 0.25) is 0 Å². The van der Waals surface area contributed by atoms with Gasteiger partial charge in [0.05, 0.1) is 24.8 Å². The minimum Gasteiger partial charge on any atom is -0.383 e. The van der Waals surface area contributed by atoms with Gasteiger partial charge < -0.3 is 14.6 Å². The van der Waals surface area contributed by atoms with Gasteiger partial charge in [-0.2, -0.15) is 0 Å². The summed E-state index contributed by atoms with van der Waals surface area (Å²) >= 11 is 1.70. The number of methoxy groups -OCH3 is 1. The van der Waals surface area contributed by atoms with E-state index in [1.54, 1.807) is 18.4 Å². The molecule has 0 bridgehead atoms. The van der Waals surface area contributed by atoms with Gasteiger partial charge in [0.1, 0.15) is 11.0 Å². The smallest absolute Gasteiger partial charge is 0.116 e. The van der Waals surface area contributed by atoms with Crippen LogP contribution in [0.4, 0.5) is 0 Å². The normalized spacial score (nSPS) is 16.5. The molecule has 1 saturated carbocycles. The lowest BCUT2D eigenvalue weighted by Crippen LogP contribution is -2.27. The van der Waals surface area contributed by atoms with Crippen molar-refractivity contribution in [3.8, 4) is 0 Å². The van der Waals surface area contributed by atoms with Gasteiger partial charge in [0, 0.05) is 30.8 Å². The van der Waals surface area contributed by atoms with Crippen molar-refractivity contribution < 1.29 is 4.74 Å². The van der Waals surface area contributed by atoms with E-state index in [0.717, 1.165) is 17.2 Å². The van der Waals surface area contributed by atoms with Crippen molar-refractivity contribution in [2.75, 3.05) is 20.3 Å². The zero-order valence-electron chi connectivity index (χ0n) is 11.9. The number of aromatic nitrogens is 3. The van der Waals surface area contributed by atoms with E-state index in [1.807, 2.05) is 19.4 Å². The highest BCUT2D eigenvalue weighted by atomic mass is 32.1. The Hall–Kier alpha value is -1.24. The molecule has 2 aromatic rings. The molecule has 0 radical (unpaired) electrons. The van der Waals surface area contributed by atoms with Crippen LogP contribution in [0.25, 0.3) is 0 Å². The molecule has 6 heteroatoms. The number of ether oxygens (including phenoxy) is 1. The zero-order chi connectivity index (χ0) is 13.9. The standard InChI is InChI=1S/C14H20N4OS/c1-10-8-20-14(17-10)13(16-5-6-19-2)12-7-15-9-18(12)11-3-4-11/h7-9,11,13,16H,3-6H2,1-2H3. The number of aryl methyl sites for hydroxylation is 1. The summed E-state index contributed by atoms with van der Waals surface area (Å²) in [6, 6.07) is 0.729. The van der Waals surface area contributed by atoms with Crippen molar-refractivity contribution in [1.82, 2.24) is 19.9 Å². The molecule has 1 aliphatic carbocycles. The molecule has 1 N–H and O–H groups in total. The lowest BCUT2D eigenvalue weighted by Gasteiger charge is -2.18. The van der Waals surface area contributed by atoms with Crippen molar-refractivity contribution in [3.63, 3.8) is 0 Å². The number of hydrogen-bond acceptors (Lipinski definition) is 5. The van der Waals surface area contributed by atoms with Crippen LogP contribution in [0.15, 0.2) is 17.9 Å². The van der Waals surface area contributed by atoms with E-state index in [4.69, 9.17) is 4.74 Å². The van der Waals surface area contributed by atoms with Gasteiger partial charge in [-0.15, -0.1) is 11.3 Å². The molecule has 0 spiro atoms. The molecule has 108 valence electrons. The molecule has 0 aliphatic heterocycles. The largest absolute Gasteiger partial charge is 0.383 e. The number of hydrogen-bond donors (Lipinski definition) is 1. The predicted octanol–water partition coefficient (Wildman–Crippen LogP) is 2.31. The highest BCUT2D eigenvalue weighted by Crippen LogP contribution is 2.38. The first kappa shape index (κ1) is 13.7. The third-order valence-electron chi connectivity index (χ3n) is 3.47. The maximum Gasteiger partial charge on any atom is 0.116 e. The summed E-state index contributed by atoms with van der Waals surface area (Å²) in [7, 11) is 1.72. The van der Waals surface area contributed by atoms with Crippen molar-refractivity contribution >= 4 is 11.3 Å². The Morgan fingerprint density at radius 3 is 3.05 bits per heavy atom. The Bertz CT molecular complexity index is 561. The van der Waals surface area contributed by atoms with Gasteiger partial charge in [-0.25, -0.2) is 9.97 Å². The summed E-state index contributed by atoms with van der Waals surface area (Å²) in [4.78, 5) is 8.97. The third-order valence-corrected chi connectivity index (χ3v) is 4.50. The van der Waals surface area contributed by atoms with E-state index in [9.17, 15) is 0 Å². The van der Waals surface area contributed by atoms with Crippen LogP contribution in [-0.2, 0) is 4.74 Å². The molecular weight excluding hydrogens is 272 g/mol. The van der Waals surface area contributed by atoms with E-state index in [1.165, 1.54) is 18.5 Å². The summed E-state index contributed by atoms with van der Waals surface area (Å²) < 4.78 is 7.43. The van der Waals surface area contributed by atoms with Crippen molar-refractivity contribution in [2.45, 2.75) is 31.8 Å². The quantitative estimate of drug-likeness (QED) is 0.796. The maximum absolute atomic E-state index is 5.14. The summed E-state index contributed by atoms with van der Waals surface area (Å²) in [5.74, 6) is 0. The van der Waals surface area contributed by atoms with Crippen LogP contribution in [0.3, 0.4) is 0 Å². The third kappa shape index (κ3) is 2.92. The predicted molar refractivity (Wildman–Crippen MR) is 79.1 cm³/mol. The van der Waals surface area contributed by atoms with Gasteiger partial charge in [-0.05, 0) is 19.8 Å². The highest BCUT2D eigenvalue weighted by Gasteiger charge is 2.29. The Morgan fingerprint density at radius 2 is 2.40 bits per heavy atom. The van der Waals surface area contributed by atoms with Gasteiger partial charge in [0.2, 0.25) is 0 Å². The van der Waals surface area contributed by atoms with E-state index >= 15 is 0 Å². The first-order valence-electron chi connectivity index (χ1n) is 6.95. The second-order valence-electron chi connectivity index (χ2n) is 5.16. The molecule has 1 atom stereocenters. The summed E-state index contributed by atoms with van der Waals surface area (Å²) in [6.07, 6.45) is 6.41. The summed E-state index contributed by atoms with van der Waals surface area (Å²) in [6.45, 7) is 3.53. The molecule has 5 nitrogen and oxygen atoms in total. The number of nitrogens with zero attached hydrogens (tertiary/aromatic N) is 3. The lowest BCUT2D eigenvalue weighted by atomic mass is 10.2. The Labute approximate surface area is 123 Å². The first-order valence-corrected chi connectivity index (χ1v) is 7.83. The van der Waals surface area contributed by atoms with Crippen LogP contribution in [0.1, 0.15) is 41.3 Å². The van der Waals surface area contributed by atoms with Crippen molar-refractivity contribution in [2.24, 2.45) is 0 Å². The van der Waals surface area contributed by atoms with Gasteiger partial charge >= 0.3 is 0 Å². The van der Waals surface area contributed by atoms with Crippen LogP contribution in [0.5, 0.6) is 0 Å². The topological polar surface area (TPSA) is 52.0 Å². The minimum atomic E-state index is 0.104. The maximum atomic E-state index is 5.14. The molecular formula is C14H20N4OS. The second kappa shape index (κ2) is 6.03. The van der Waals surface area contributed by atoms with E-state index in [0.29, 0.717) is 12.6 Å². The molecule has 20 heavy (non-hydrogen) atoms. The van der Waals surface area contributed by atoms with Crippen LogP contribution < -0.4 is 5.32 Å². The van der Waals surface area contributed by atoms with Crippen molar-refractivity contribution in [3.05, 3.63) is 34.3 Å². The van der Waals surface area contributed by atoms with E-state index in [2.05, 4.69) is 25.2 Å². The molecule has 1 fully saturated rings. The van der Waals surface area contributed by atoms with E-state index < -0.39 is 0 Å². The average molecular weight is 292 g/mol. The molecule has 2 heterocycles. The fourth-order valence-corrected chi connectivity index (χ4v) is 3.21. The van der Waals surface area contributed by atoms with Gasteiger partial charge in [-0.3, -0.25) is 0 Å². The number of thiazole rings is 1. The summed E-state index contributed by atoms with van der Waals surface area (Å²) in [5, 5.41) is 6.73. The monoisotopic (exact) mass is 292 g/mol. The van der Waals surface area contributed by atoms with Crippen LogP contribution >= 0.6 is 11.3 Å². The molecule has 3 rings (SSSR count). The Morgan fingerprint density at radius 1 is 1.55 bits per heavy atom. The Kier molecular flexibility index (Phi) is 4.14. The molecule has 1 aliphatic rings.